The Morgan fingerprint density at radius 1 is 1.18 bits per heavy atom. The average Bonchev–Trinajstić information content (AvgIpc) is 2.79. The van der Waals surface area contributed by atoms with E-state index < -0.39 is 0 Å². The lowest BCUT2D eigenvalue weighted by Crippen LogP contribution is -2.01. The largest absolute Gasteiger partial charge is 0.326 e. The standard InChI is InChI=1S/C19H17ClN2/c1-3-15-8-5-9-16-17(11-21)19(20)22(18(15)16)12-14-7-4-6-13(2)10-14/h4-10H,3,12H2,1-2H3. The molecule has 2 aromatic carbocycles. The Bertz CT molecular complexity index is 884. The number of nitrogens with zero attached hydrogens (tertiary/aromatic N) is 2. The summed E-state index contributed by atoms with van der Waals surface area (Å²) >= 11 is 6.51. The van der Waals surface area contributed by atoms with Gasteiger partial charge in [0.2, 0.25) is 0 Å². The van der Waals surface area contributed by atoms with Crippen molar-refractivity contribution in [3.8, 4) is 6.07 Å². The molecule has 0 radical (unpaired) electrons. The van der Waals surface area contributed by atoms with Crippen molar-refractivity contribution in [1.82, 2.24) is 4.57 Å². The molecule has 0 atom stereocenters. The van der Waals surface area contributed by atoms with Gasteiger partial charge >= 0.3 is 0 Å². The van der Waals surface area contributed by atoms with Gasteiger partial charge in [0.25, 0.3) is 0 Å². The summed E-state index contributed by atoms with van der Waals surface area (Å²) in [7, 11) is 0. The van der Waals surface area contributed by atoms with Crippen LogP contribution in [0.25, 0.3) is 10.9 Å². The molecule has 0 fully saturated rings. The maximum absolute atomic E-state index is 9.46. The summed E-state index contributed by atoms with van der Waals surface area (Å²) < 4.78 is 2.06. The zero-order valence-corrected chi connectivity index (χ0v) is 13.5. The SMILES string of the molecule is CCc1cccc2c(C#N)c(Cl)n(Cc3cccc(C)c3)c12. The second kappa shape index (κ2) is 5.87. The Kier molecular flexibility index (Phi) is 3.92. The first-order valence-electron chi connectivity index (χ1n) is 7.41. The summed E-state index contributed by atoms with van der Waals surface area (Å²) in [5.74, 6) is 0. The number of aryl methyl sites for hydroxylation is 2. The van der Waals surface area contributed by atoms with E-state index in [4.69, 9.17) is 11.6 Å². The number of nitriles is 1. The number of halogens is 1. The highest BCUT2D eigenvalue weighted by molar-refractivity contribution is 6.32. The summed E-state index contributed by atoms with van der Waals surface area (Å²) in [6, 6.07) is 16.7. The monoisotopic (exact) mass is 308 g/mol. The number of rotatable bonds is 3. The maximum Gasteiger partial charge on any atom is 0.128 e. The number of benzene rings is 2. The second-order valence-corrected chi connectivity index (χ2v) is 5.88. The molecule has 1 heterocycles. The molecule has 22 heavy (non-hydrogen) atoms. The number of para-hydroxylation sites is 1. The van der Waals surface area contributed by atoms with E-state index in [-0.39, 0.29) is 0 Å². The third-order valence-corrected chi connectivity index (χ3v) is 4.41. The van der Waals surface area contributed by atoms with Crippen molar-refractivity contribution in [1.29, 1.82) is 5.26 Å². The van der Waals surface area contributed by atoms with Gasteiger partial charge < -0.3 is 4.57 Å². The molecule has 0 aliphatic carbocycles. The first kappa shape index (κ1) is 14.7. The lowest BCUT2D eigenvalue weighted by Gasteiger charge is -2.10. The molecule has 3 heteroatoms. The van der Waals surface area contributed by atoms with Crippen molar-refractivity contribution in [3.63, 3.8) is 0 Å². The van der Waals surface area contributed by atoms with Crippen molar-refractivity contribution in [2.45, 2.75) is 26.8 Å². The lowest BCUT2D eigenvalue weighted by molar-refractivity contribution is 0.830. The zero-order chi connectivity index (χ0) is 15.7. The van der Waals surface area contributed by atoms with Crippen LogP contribution in [0.2, 0.25) is 5.15 Å². The van der Waals surface area contributed by atoms with E-state index in [1.165, 1.54) is 16.7 Å². The van der Waals surface area contributed by atoms with Gasteiger partial charge in [-0.05, 0) is 24.5 Å². The van der Waals surface area contributed by atoms with Crippen molar-refractivity contribution >= 4 is 22.5 Å². The van der Waals surface area contributed by atoms with Gasteiger partial charge in [-0.3, -0.25) is 0 Å². The van der Waals surface area contributed by atoms with Gasteiger partial charge in [0.15, 0.2) is 0 Å². The van der Waals surface area contributed by atoms with Crippen LogP contribution in [0.1, 0.15) is 29.2 Å². The Morgan fingerprint density at radius 2 is 1.95 bits per heavy atom. The van der Waals surface area contributed by atoms with Gasteiger partial charge in [0.1, 0.15) is 11.2 Å². The summed E-state index contributed by atoms with van der Waals surface area (Å²) in [6.07, 6.45) is 0.913. The molecule has 3 aromatic rings. The average molecular weight is 309 g/mol. The highest BCUT2D eigenvalue weighted by Gasteiger charge is 2.17. The summed E-state index contributed by atoms with van der Waals surface area (Å²) in [4.78, 5) is 0. The fourth-order valence-electron chi connectivity index (χ4n) is 2.99. The summed E-state index contributed by atoms with van der Waals surface area (Å²) in [6.45, 7) is 4.88. The van der Waals surface area contributed by atoms with Crippen LogP contribution in [0.3, 0.4) is 0 Å². The summed E-state index contributed by atoms with van der Waals surface area (Å²) in [5.41, 5.74) is 5.27. The molecule has 1 aromatic heterocycles. The Hall–Kier alpha value is -2.24. The molecule has 2 nitrogen and oxygen atoms in total. The Labute approximate surface area is 135 Å². The van der Waals surface area contributed by atoms with Crippen LogP contribution in [-0.2, 0) is 13.0 Å². The van der Waals surface area contributed by atoms with Crippen LogP contribution in [0.4, 0.5) is 0 Å². The molecule has 0 aliphatic heterocycles. The van der Waals surface area contributed by atoms with Gasteiger partial charge in [0, 0.05) is 11.9 Å². The van der Waals surface area contributed by atoms with E-state index in [9.17, 15) is 5.26 Å². The molecule has 0 saturated carbocycles. The molecular weight excluding hydrogens is 292 g/mol. The van der Waals surface area contributed by atoms with Crippen molar-refractivity contribution in [2.75, 3.05) is 0 Å². The van der Waals surface area contributed by atoms with E-state index in [2.05, 4.69) is 54.8 Å². The third-order valence-electron chi connectivity index (χ3n) is 4.02. The van der Waals surface area contributed by atoms with Gasteiger partial charge in [-0.25, -0.2) is 0 Å². The van der Waals surface area contributed by atoms with Crippen LogP contribution in [-0.4, -0.2) is 4.57 Å². The minimum atomic E-state index is 0.528. The van der Waals surface area contributed by atoms with Gasteiger partial charge in [-0.15, -0.1) is 0 Å². The quantitative estimate of drug-likeness (QED) is 0.663. The molecule has 0 amide bonds. The van der Waals surface area contributed by atoms with E-state index in [0.717, 1.165) is 17.3 Å². The Balaban J connectivity index is 2.24. The van der Waals surface area contributed by atoms with E-state index >= 15 is 0 Å². The molecule has 0 spiro atoms. The molecule has 0 N–H and O–H groups in total. The molecular formula is C19H17ClN2. The number of hydrogen-bond donors (Lipinski definition) is 0. The third kappa shape index (κ3) is 2.38. The Morgan fingerprint density at radius 3 is 2.64 bits per heavy atom. The van der Waals surface area contributed by atoms with Crippen molar-refractivity contribution in [3.05, 3.63) is 69.9 Å². The van der Waals surface area contributed by atoms with Crippen LogP contribution in [0, 0.1) is 18.3 Å². The first-order chi connectivity index (χ1) is 10.7. The zero-order valence-electron chi connectivity index (χ0n) is 12.7. The first-order valence-corrected chi connectivity index (χ1v) is 7.78. The molecule has 0 aliphatic rings. The predicted octanol–water partition coefficient (Wildman–Crippen LogP) is 5.09. The molecule has 0 unspecified atom stereocenters. The molecule has 110 valence electrons. The highest BCUT2D eigenvalue weighted by atomic mass is 35.5. The minimum absolute atomic E-state index is 0.528. The molecule has 0 saturated heterocycles. The number of aromatic nitrogens is 1. The summed E-state index contributed by atoms with van der Waals surface area (Å²) in [5, 5.41) is 10.9. The van der Waals surface area contributed by atoms with Crippen LogP contribution in [0.5, 0.6) is 0 Å². The van der Waals surface area contributed by atoms with Crippen LogP contribution in [0.15, 0.2) is 42.5 Å². The van der Waals surface area contributed by atoms with Crippen LogP contribution < -0.4 is 0 Å². The van der Waals surface area contributed by atoms with Crippen molar-refractivity contribution in [2.24, 2.45) is 0 Å². The normalized spacial score (nSPS) is 10.8. The maximum atomic E-state index is 9.46. The number of hydrogen-bond acceptors (Lipinski definition) is 1. The second-order valence-electron chi connectivity index (χ2n) is 5.52. The fraction of sp³-hybridized carbons (Fsp3) is 0.211. The molecule has 3 rings (SSSR count). The fourth-order valence-corrected chi connectivity index (χ4v) is 3.28. The van der Waals surface area contributed by atoms with E-state index in [1.54, 1.807) is 0 Å². The minimum Gasteiger partial charge on any atom is -0.326 e. The smallest absolute Gasteiger partial charge is 0.128 e. The van der Waals surface area contributed by atoms with Gasteiger partial charge in [0.05, 0.1) is 11.1 Å². The highest BCUT2D eigenvalue weighted by Crippen LogP contribution is 2.32. The number of fused-ring (bicyclic) bond motifs is 1. The van der Waals surface area contributed by atoms with E-state index in [0.29, 0.717) is 17.3 Å². The lowest BCUT2D eigenvalue weighted by atomic mass is 10.1. The topological polar surface area (TPSA) is 28.7 Å². The van der Waals surface area contributed by atoms with E-state index in [1.807, 2.05) is 12.1 Å². The van der Waals surface area contributed by atoms with Crippen LogP contribution >= 0.6 is 11.6 Å². The van der Waals surface area contributed by atoms with Crippen molar-refractivity contribution < 1.29 is 0 Å². The predicted molar refractivity (Wildman–Crippen MR) is 91.3 cm³/mol. The van der Waals surface area contributed by atoms with Gasteiger partial charge in [-0.2, -0.15) is 5.26 Å². The van der Waals surface area contributed by atoms with Gasteiger partial charge in [-0.1, -0.05) is 66.6 Å². The molecule has 0 bridgehead atoms.